The predicted molar refractivity (Wildman–Crippen MR) is 134 cm³/mol. The number of amides is 1. The van der Waals surface area contributed by atoms with Crippen LogP contribution in [0.5, 0.6) is 0 Å². The minimum Gasteiger partial charge on any atom is -0.379 e. The van der Waals surface area contributed by atoms with E-state index in [0.29, 0.717) is 35.0 Å². The molecule has 4 atom stereocenters. The quantitative estimate of drug-likeness (QED) is 0.460. The van der Waals surface area contributed by atoms with Gasteiger partial charge < -0.3 is 25.3 Å². The molecule has 3 heterocycles. The van der Waals surface area contributed by atoms with Gasteiger partial charge in [-0.2, -0.15) is 14.9 Å². The Labute approximate surface area is 208 Å². The van der Waals surface area contributed by atoms with Gasteiger partial charge in [-0.15, -0.1) is 0 Å². The minimum atomic E-state index is -0.269. The fourth-order valence-electron chi connectivity index (χ4n) is 5.09. The van der Waals surface area contributed by atoms with E-state index >= 15 is 0 Å². The number of carbonyl (C=O) groups excluding carboxylic acids is 1. The number of fused-ring (bicyclic) bond motifs is 1. The monoisotopic (exact) mass is 490 g/mol. The van der Waals surface area contributed by atoms with E-state index in [1.807, 2.05) is 6.07 Å². The van der Waals surface area contributed by atoms with E-state index in [-0.39, 0.29) is 35.6 Å². The zero-order valence-electron chi connectivity index (χ0n) is 20.4. The first kappa shape index (κ1) is 23.8. The van der Waals surface area contributed by atoms with Gasteiger partial charge in [0.2, 0.25) is 0 Å². The van der Waals surface area contributed by atoms with Gasteiger partial charge in [0, 0.05) is 38.4 Å². The lowest BCUT2D eigenvalue weighted by atomic mass is 9.86. The number of rotatable bonds is 7. The highest BCUT2D eigenvalue weighted by molar-refractivity contribution is 6.00. The number of ether oxygens (including phenoxy) is 1. The summed E-state index contributed by atoms with van der Waals surface area (Å²) in [5.74, 6) is 0.725. The second-order valence-electron chi connectivity index (χ2n) is 9.41. The molecule has 2 aliphatic carbocycles. The summed E-state index contributed by atoms with van der Waals surface area (Å²) in [6, 6.07) is 7.57. The molecule has 3 aromatic heterocycles. The van der Waals surface area contributed by atoms with Gasteiger partial charge in [-0.05, 0) is 44.2 Å². The van der Waals surface area contributed by atoms with Gasteiger partial charge in [0.15, 0.2) is 5.65 Å². The van der Waals surface area contributed by atoms with E-state index in [2.05, 4.69) is 32.1 Å². The summed E-state index contributed by atoms with van der Waals surface area (Å²) in [6.07, 6.45) is 8.41. The highest BCUT2D eigenvalue weighted by atomic mass is 16.5. The van der Waals surface area contributed by atoms with Gasteiger partial charge in [0.1, 0.15) is 22.9 Å². The van der Waals surface area contributed by atoms with Crippen LogP contribution in [0.1, 0.15) is 54.9 Å². The van der Waals surface area contributed by atoms with Crippen LogP contribution in [0.2, 0.25) is 0 Å². The third-order valence-corrected chi connectivity index (χ3v) is 7.26. The smallest absolute Gasteiger partial charge is 0.274 e. The first-order chi connectivity index (χ1) is 17.5. The van der Waals surface area contributed by atoms with Gasteiger partial charge in [-0.1, -0.05) is 6.42 Å². The van der Waals surface area contributed by atoms with Gasteiger partial charge in [0.25, 0.3) is 11.5 Å². The van der Waals surface area contributed by atoms with Crippen molar-refractivity contribution in [3.8, 4) is 6.07 Å². The second kappa shape index (κ2) is 9.99. The molecule has 1 amide bonds. The molecule has 5 rings (SSSR count). The highest BCUT2D eigenvalue weighted by Crippen LogP contribution is 2.31. The van der Waals surface area contributed by atoms with Crippen molar-refractivity contribution in [2.24, 2.45) is 5.92 Å². The van der Waals surface area contributed by atoms with Crippen molar-refractivity contribution in [1.82, 2.24) is 24.5 Å². The first-order valence-corrected chi connectivity index (χ1v) is 12.3. The Kier molecular flexibility index (Phi) is 6.61. The number of pyridine rings is 1. The third kappa shape index (κ3) is 4.40. The Morgan fingerprint density at radius 2 is 2.14 bits per heavy atom. The van der Waals surface area contributed by atoms with Crippen molar-refractivity contribution in [2.45, 2.75) is 56.7 Å². The van der Waals surface area contributed by atoms with Crippen molar-refractivity contribution in [3.05, 3.63) is 46.5 Å². The van der Waals surface area contributed by atoms with Crippen LogP contribution in [0.3, 0.4) is 0 Å². The third-order valence-electron chi connectivity index (χ3n) is 7.26. The van der Waals surface area contributed by atoms with Gasteiger partial charge in [-0.3, -0.25) is 9.59 Å². The van der Waals surface area contributed by atoms with Gasteiger partial charge >= 0.3 is 0 Å². The molecule has 3 N–H and O–H groups in total. The number of methoxy groups -OCH3 is 1. The zero-order valence-corrected chi connectivity index (χ0v) is 20.4. The molecule has 11 nitrogen and oxygen atoms in total. The van der Waals surface area contributed by atoms with Gasteiger partial charge in [-0.25, -0.2) is 4.98 Å². The Morgan fingerprint density at radius 3 is 2.86 bits per heavy atom. The number of hydrogen-bond acceptors (Lipinski definition) is 8. The Balaban J connectivity index is 1.44. The summed E-state index contributed by atoms with van der Waals surface area (Å²) in [5.41, 5.74) is 0.914. The number of hydrogen-bond donors (Lipinski definition) is 3. The van der Waals surface area contributed by atoms with Crippen molar-refractivity contribution < 1.29 is 9.53 Å². The fraction of sp³-hybridized carbons (Fsp3) is 0.480. The van der Waals surface area contributed by atoms with Crippen LogP contribution in [0.25, 0.3) is 5.65 Å². The molecule has 2 fully saturated rings. The van der Waals surface area contributed by atoms with Crippen LogP contribution in [0.15, 0.2) is 35.4 Å². The summed E-state index contributed by atoms with van der Waals surface area (Å²) >= 11 is 0. The van der Waals surface area contributed by atoms with E-state index in [9.17, 15) is 14.9 Å². The Bertz CT molecular complexity index is 1370. The average molecular weight is 491 g/mol. The molecule has 0 bridgehead atoms. The zero-order chi connectivity index (χ0) is 25.2. The molecule has 11 heteroatoms. The van der Waals surface area contributed by atoms with Crippen molar-refractivity contribution in [3.63, 3.8) is 0 Å². The van der Waals surface area contributed by atoms with E-state index in [1.54, 1.807) is 41.6 Å². The number of nitriles is 1. The molecule has 0 aliphatic heterocycles. The molecule has 1 unspecified atom stereocenters. The Morgan fingerprint density at radius 1 is 1.28 bits per heavy atom. The molecule has 0 radical (unpaired) electrons. The molecule has 0 spiro atoms. The summed E-state index contributed by atoms with van der Waals surface area (Å²) in [5, 5.41) is 22.9. The van der Waals surface area contributed by atoms with Crippen LogP contribution in [-0.4, -0.2) is 51.4 Å². The maximum atomic E-state index is 13.3. The van der Waals surface area contributed by atoms with Crippen LogP contribution in [0, 0.1) is 17.2 Å². The van der Waals surface area contributed by atoms with Crippen LogP contribution in [0.4, 0.5) is 17.3 Å². The van der Waals surface area contributed by atoms with Crippen molar-refractivity contribution in [2.75, 3.05) is 24.8 Å². The van der Waals surface area contributed by atoms with Crippen LogP contribution < -0.4 is 21.5 Å². The lowest BCUT2D eigenvalue weighted by molar-refractivity contribution is 0.00732. The normalized spacial score (nSPS) is 23.5. The van der Waals surface area contributed by atoms with Crippen molar-refractivity contribution >= 4 is 28.9 Å². The maximum absolute atomic E-state index is 13.3. The molecule has 188 valence electrons. The molecule has 2 aliphatic rings. The highest BCUT2D eigenvalue weighted by Gasteiger charge is 2.33. The summed E-state index contributed by atoms with van der Waals surface area (Å²) in [6.45, 7) is 0. The summed E-state index contributed by atoms with van der Waals surface area (Å²) < 4.78 is 8.66. The molecular weight excluding hydrogens is 460 g/mol. The van der Waals surface area contributed by atoms with E-state index in [4.69, 9.17) is 4.74 Å². The minimum absolute atomic E-state index is 0.00600. The second-order valence-corrected chi connectivity index (χ2v) is 9.41. The summed E-state index contributed by atoms with van der Waals surface area (Å²) in [4.78, 5) is 30.9. The molecule has 3 aromatic rings. The van der Waals surface area contributed by atoms with E-state index < -0.39 is 0 Å². The SMILES string of the molecule is CNc1cc(Nc2cccn(C3CCC[C@H](C#N)C3)c2=O)nc2c(C(=O)N[C@H]3CC[C@@H]3OC)cnn12. The van der Waals surface area contributed by atoms with Gasteiger partial charge in [0.05, 0.1) is 24.4 Å². The average Bonchev–Trinajstić information content (AvgIpc) is 3.31. The fourth-order valence-corrected chi connectivity index (χ4v) is 5.09. The summed E-state index contributed by atoms with van der Waals surface area (Å²) in [7, 11) is 3.40. The number of aromatic nitrogens is 4. The molecule has 0 aromatic carbocycles. The number of anilines is 3. The molecule has 0 saturated heterocycles. The lowest BCUT2D eigenvalue weighted by Crippen LogP contribution is -2.51. The topological polar surface area (TPSA) is 138 Å². The molecule has 36 heavy (non-hydrogen) atoms. The molecule has 2 saturated carbocycles. The lowest BCUT2D eigenvalue weighted by Gasteiger charge is -2.35. The van der Waals surface area contributed by atoms with Crippen molar-refractivity contribution in [1.29, 1.82) is 5.26 Å². The maximum Gasteiger partial charge on any atom is 0.274 e. The Hall–Kier alpha value is -3.91. The first-order valence-electron chi connectivity index (χ1n) is 12.3. The predicted octanol–water partition coefficient (Wildman–Crippen LogP) is 2.84. The largest absolute Gasteiger partial charge is 0.379 e. The molecular formula is C25H30N8O3. The number of nitrogens with zero attached hydrogens (tertiary/aromatic N) is 5. The van der Waals surface area contributed by atoms with Crippen LogP contribution >= 0.6 is 0 Å². The van der Waals surface area contributed by atoms with Crippen LogP contribution in [-0.2, 0) is 4.74 Å². The number of carbonyl (C=O) groups is 1. The van der Waals surface area contributed by atoms with E-state index in [0.717, 1.165) is 32.1 Å². The standard InChI is InChI=1S/C25H30N8O3/c1-27-22-12-21(29-19-7-4-10-32(25(19)35)16-6-3-5-15(11-16)13-26)31-23-17(14-28-33(22)23)24(34)30-18-8-9-20(18)36-2/h4,7,10,12,14-16,18,20,27H,3,5-6,8-9,11H2,1-2H3,(H,29,31)(H,30,34)/t15-,16?,18-,20-/m0/s1. The van der Waals surface area contributed by atoms with E-state index in [1.165, 1.54) is 6.20 Å². The number of nitrogens with one attached hydrogen (secondary N) is 3.